The first-order valence-corrected chi connectivity index (χ1v) is 15.3. The predicted molar refractivity (Wildman–Crippen MR) is 182 cm³/mol. The van der Waals surface area contributed by atoms with Crippen LogP contribution in [-0.4, -0.2) is 15.0 Å². The molecule has 0 atom stereocenters. The minimum Gasteiger partial charge on any atom is -0.453 e. The molecule has 3 aromatic heterocycles. The van der Waals surface area contributed by atoms with E-state index in [1.54, 1.807) is 11.3 Å². The SMILES string of the molecule is c1ccc(-c2ccc3cc(-c4nc(-c5cc6ccccc6o5)nc(-c5cccc6c5sc5ccccc56)n4)ccc3c2)cc1. The number of aromatic nitrogens is 3. The minimum absolute atomic E-state index is 0.513. The van der Waals surface area contributed by atoms with Gasteiger partial charge in [0.15, 0.2) is 23.2 Å². The van der Waals surface area contributed by atoms with E-state index in [0.29, 0.717) is 23.2 Å². The third-order valence-corrected chi connectivity index (χ3v) is 9.35. The molecule has 206 valence electrons. The van der Waals surface area contributed by atoms with E-state index in [2.05, 4.69) is 103 Å². The van der Waals surface area contributed by atoms with E-state index < -0.39 is 0 Å². The fourth-order valence-corrected chi connectivity index (χ4v) is 7.16. The van der Waals surface area contributed by atoms with Gasteiger partial charge >= 0.3 is 0 Å². The van der Waals surface area contributed by atoms with Gasteiger partial charge in [-0.05, 0) is 58.3 Å². The van der Waals surface area contributed by atoms with Crippen molar-refractivity contribution in [1.82, 2.24) is 15.0 Å². The molecule has 0 aliphatic rings. The lowest BCUT2D eigenvalue weighted by atomic mass is 10.00. The summed E-state index contributed by atoms with van der Waals surface area (Å²) in [5, 5.41) is 5.75. The number of para-hydroxylation sites is 1. The number of nitrogens with zero attached hydrogens (tertiary/aromatic N) is 3. The van der Waals surface area contributed by atoms with Gasteiger partial charge in [0, 0.05) is 36.7 Å². The predicted octanol–water partition coefficient (Wildman–Crippen LogP) is 10.8. The topological polar surface area (TPSA) is 51.8 Å². The van der Waals surface area contributed by atoms with Crippen LogP contribution in [-0.2, 0) is 0 Å². The summed E-state index contributed by atoms with van der Waals surface area (Å²) in [6, 6.07) is 48.3. The third kappa shape index (κ3) is 4.17. The second-order valence-corrected chi connectivity index (χ2v) is 11.9. The molecular weight excluding hydrogens is 559 g/mol. The summed E-state index contributed by atoms with van der Waals surface area (Å²) in [4.78, 5) is 15.1. The highest BCUT2D eigenvalue weighted by molar-refractivity contribution is 7.26. The number of fused-ring (bicyclic) bond motifs is 5. The summed E-state index contributed by atoms with van der Waals surface area (Å²) in [5.74, 6) is 2.37. The van der Waals surface area contributed by atoms with Gasteiger partial charge < -0.3 is 4.42 Å². The number of benzene rings is 6. The zero-order valence-electron chi connectivity index (χ0n) is 23.4. The molecule has 9 aromatic rings. The van der Waals surface area contributed by atoms with Crippen molar-refractivity contribution in [2.45, 2.75) is 0 Å². The van der Waals surface area contributed by atoms with Crippen molar-refractivity contribution >= 4 is 53.3 Å². The van der Waals surface area contributed by atoms with Crippen LogP contribution in [0.2, 0.25) is 0 Å². The van der Waals surface area contributed by atoms with Gasteiger partial charge in [-0.3, -0.25) is 0 Å². The van der Waals surface area contributed by atoms with E-state index in [0.717, 1.165) is 37.6 Å². The molecule has 0 spiro atoms. The molecule has 3 heterocycles. The molecule has 0 saturated carbocycles. The summed E-state index contributed by atoms with van der Waals surface area (Å²) in [7, 11) is 0. The Kier molecular flexibility index (Phi) is 5.64. The normalized spacial score (nSPS) is 11.6. The molecule has 6 aromatic carbocycles. The largest absolute Gasteiger partial charge is 0.453 e. The van der Waals surface area contributed by atoms with Gasteiger partial charge in [-0.1, -0.05) is 103 Å². The maximum atomic E-state index is 6.25. The van der Waals surface area contributed by atoms with Crippen LogP contribution in [0.25, 0.3) is 87.4 Å². The molecule has 0 saturated heterocycles. The zero-order valence-corrected chi connectivity index (χ0v) is 24.3. The Hall–Kier alpha value is -5.65. The molecule has 5 heteroatoms. The molecule has 9 rings (SSSR count). The molecular formula is C39H23N3OS. The van der Waals surface area contributed by atoms with Crippen LogP contribution in [0.4, 0.5) is 0 Å². The molecule has 0 N–H and O–H groups in total. The van der Waals surface area contributed by atoms with Crippen LogP contribution in [0.15, 0.2) is 144 Å². The molecule has 4 nitrogen and oxygen atoms in total. The van der Waals surface area contributed by atoms with E-state index in [1.807, 2.05) is 36.4 Å². The standard InChI is InChI=1S/C39H23N3OS/c1-2-9-24(10-3-1)25-17-18-27-22-29(20-19-26(27)21-25)37-40-38(42-39(41-37)34-23-28-11-4-6-15-33(28)43-34)32-14-8-13-31-30-12-5-7-16-35(30)44-36(31)32/h1-23H. The van der Waals surface area contributed by atoms with Gasteiger partial charge in [-0.25, -0.2) is 15.0 Å². The second-order valence-electron chi connectivity index (χ2n) is 10.9. The van der Waals surface area contributed by atoms with Crippen LogP contribution >= 0.6 is 11.3 Å². The summed E-state index contributed by atoms with van der Waals surface area (Å²) >= 11 is 1.77. The smallest absolute Gasteiger partial charge is 0.199 e. The summed E-state index contributed by atoms with van der Waals surface area (Å²) in [5.41, 5.74) is 5.11. The Labute approximate surface area is 256 Å². The Morgan fingerprint density at radius 1 is 0.455 bits per heavy atom. The summed E-state index contributed by atoms with van der Waals surface area (Å²) < 4.78 is 8.65. The van der Waals surface area contributed by atoms with Crippen LogP contribution in [0.5, 0.6) is 0 Å². The summed E-state index contributed by atoms with van der Waals surface area (Å²) in [6.45, 7) is 0. The van der Waals surface area contributed by atoms with Gasteiger partial charge in [0.2, 0.25) is 0 Å². The third-order valence-electron chi connectivity index (χ3n) is 8.13. The van der Waals surface area contributed by atoms with Crippen molar-refractivity contribution in [3.05, 3.63) is 140 Å². The molecule has 0 unspecified atom stereocenters. The Balaban J connectivity index is 1.24. The van der Waals surface area contributed by atoms with E-state index in [-0.39, 0.29) is 0 Å². The van der Waals surface area contributed by atoms with Crippen LogP contribution < -0.4 is 0 Å². The van der Waals surface area contributed by atoms with E-state index >= 15 is 0 Å². The summed E-state index contributed by atoms with van der Waals surface area (Å²) in [6.07, 6.45) is 0. The Morgan fingerprint density at radius 2 is 1.16 bits per heavy atom. The second kappa shape index (κ2) is 9.97. The number of thiophene rings is 1. The van der Waals surface area contributed by atoms with Crippen molar-refractivity contribution in [3.8, 4) is 45.5 Å². The maximum absolute atomic E-state index is 6.25. The van der Waals surface area contributed by atoms with Crippen LogP contribution in [0.3, 0.4) is 0 Å². The average molecular weight is 582 g/mol. The lowest BCUT2D eigenvalue weighted by Gasteiger charge is -2.09. The first-order valence-electron chi connectivity index (χ1n) is 14.5. The van der Waals surface area contributed by atoms with Crippen LogP contribution in [0, 0.1) is 0 Å². The van der Waals surface area contributed by atoms with Gasteiger partial charge in [0.05, 0.1) is 0 Å². The number of rotatable bonds is 4. The van der Waals surface area contributed by atoms with Crippen molar-refractivity contribution in [2.24, 2.45) is 0 Å². The average Bonchev–Trinajstić information content (AvgIpc) is 3.70. The lowest BCUT2D eigenvalue weighted by Crippen LogP contribution is -1.99. The number of hydrogen-bond acceptors (Lipinski definition) is 5. The van der Waals surface area contributed by atoms with Crippen molar-refractivity contribution in [1.29, 1.82) is 0 Å². The van der Waals surface area contributed by atoms with Gasteiger partial charge in [-0.2, -0.15) is 0 Å². The van der Waals surface area contributed by atoms with Crippen molar-refractivity contribution < 1.29 is 4.42 Å². The highest BCUT2D eigenvalue weighted by atomic mass is 32.1. The molecule has 44 heavy (non-hydrogen) atoms. The first kappa shape index (κ1) is 24.9. The fourth-order valence-electron chi connectivity index (χ4n) is 5.95. The monoisotopic (exact) mass is 581 g/mol. The zero-order chi connectivity index (χ0) is 29.0. The molecule has 0 fully saturated rings. The fraction of sp³-hybridized carbons (Fsp3) is 0. The van der Waals surface area contributed by atoms with Gasteiger partial charge in [0.25, 0.3) is 0 Å². The van der Waals surface area contributed by atoms with E-state index in [4.69, 9.17) is 19.4 Å². The van der Waals surface area contributed by atoms with Crippen molar-refractivity contribution in [3.63, 3.8) is 0 Å². The van der Waals surface area contributed by atoms with Gasteiger partial charge in [0.1, 0.15) is 5.58 Å². The van der Waals surface area contributed by atoms with Crippen LogP contribution in [0.1, 0.15) is 0 Å². The minimum atomic E-state index is 0.513. The Morgan fingerprint density at radius 3 is 2.05 bits per heavy atom. The molecule has 0 radical (unpaired) electrons. The molecule has 0 aliphatic carbocycles. The molecule has 0 aliphatic heterocycles. The number of hydrogen-bond donors (Lipinski definition) is 0. The Bertz CT molecular complexity index is 2480. The first-order chi connectivity index (χ1) is 21.8. The number of furan rings is 1. The lowest BCUT2D eigenvalue weighted by molar-refractivity contribution is 0.625. The van der Waals surface area contributed by atoms with E-state index in [1.165, 1.54) is 26.6 Å². The maximum Gasteiger partial charge on any atom is 0.199 e. The highest BCUT2D eigenvalue weighted by Crippen LogP contribution is 2.40. The quantitative estimate of drug-likeness (QED) is 0.207. The van der Waals surface area contributed by atoms with Gasteiger partial charge in [-0.15, -0.1) is 11.3 Å². The molecule has 0 amide bonds. The molecule has 0 bridgehead atoms. The highest BCUT2D eigenvalue weighted by Gasteiger charge is 2.18. The van der Waals surface area contributed by atoms with E-state index in [9.17, 15) is 0 Å². The van der Waals surface area contributed by atoms with Crippen molar-refractivity contribution in [2.75, 3.05) is 0 Å².